The number of ether oxygens (including phenoxy) is 3. The molecule has 0 saturated carbocycles. The molecule has 44 heavy (non-hydrogen) atoms. The predicted molar refractivity (Wildman–Crippen MR) is 153 cm³/mol. The van der Waals surface area contributed by atoms with Gasteiger partial charge in [0, 0.05) is 11.1 Å². The first-order valence-electron chi connectivity index (χ1n) is 13.2. The molecular formula is C29H32F4N4O6S. The molecule has 1 aromatic carbocycles. The topological polar surface area (TPSA) is 132 Å². The van der Waals surface area contributed by atoms with E-state index in [1.165, 1.54) is 38.5 Å². The average molecular weight is 641 g/mol. The number of nitrogens with one attached hydrogen (secondary N) is 2. The van der Waals surface area contributed by atoms with E-state index in [-0.39, 0.29) is 46.5 Å². The number of nitrogens with zero attached hydrogens (tertiary/aromatic N) is 2. The van der Waals surface area contributed by atoms with Crippen LogP contribution in [-0.2, 0) is 22.1 Å². The molecule has 3 atom stereocenters. The Kier molecular flexibility index (Phi) is 8.97. The molecule has 3 unspecified atom stereocenters. The number of fused-ring (bicyclic) bond motifs is 1. The zero-order valence-electron chi connectivity index (χ0n) is 24.8. The third kappa shape index (κ3) is 6.35. The quantitative estimate of drug-likeness (QED) is 0.298. The average Bonchev–Trinajstić information content (AvgIpc) is 3.30. The first-order valence-corrected chi connectivity index (χ1v) is 14.4. The summed E-state index contributed by atoms with van der Waals surface area (Å²) in [6, 6.07) is 8.39. The highest BCUT2D eigenvalue weighted by atomic mass is 32.2. The number of hydrogen-bond donors (Lipinski definition) is 3. The number of halogens is 4. The fraction of sp³-hybridized carbons (Fsp3) is 0.414. The van der Waals surface area contributed by atoms with E-state index in [1.54, 1.807) is 27.7 Å². The molecule has 1 aliphatic rings. The van der Waals surface area contributed by atoms with E-state index in [9.17, 15) is 31.7 Å². The van der Waals surface area contributed by atoms with Crippen LogP contribution >= 0.6 is 0 Å². The highest BCUT2D eigenvalue weighted by Crippen LogP contribution is 2.47. The summed E-state index contributed by atoms with van der Waals surface area (Å²) in [5.74, 6) is -1.44. The third-order valence-electron chi connectivity index (χ3n) is 6.93. The van der Waals surface area contributed by atoms with E-state index in [0.29, 0.717) is 0 Å². The number of hydrogen-bond acceptors (Lipinski definition) is 8. The van der Waals surface area contributed by atoms with Gasteiger partial charge in [0.15, 0.2) is 11.5 Å². The van der Waals surface area contributed by atoms with Crippen LogP contribution in [0.15, 0.2) is 42.5 Å². The Labute approximate surface area is 253 Å². The number of benzene rings is 1. The van der Waals surface area contributed by atoms with Gasteiger partial charge in [0.2, 0.25) is 5.60 Å². The lowest BCUT2D eigenvalue weighted by Crippen LogP contribution is -2.52. The number of methoxy groups -OCH3 is 2. The van der Waals surface area contributed by atoms with Crippen molar-refractivity contribution >= 4 is 16.9 Å². The van der Waals surface area contributed by atoms with E-state index >= 15 is 0 Å². The molecule has 4 rings (SSSR count). The van der Waals surface area contributed by atoms with E-state index < -0.39 is 57.0 Å². The van der Waals surface area contributed by atoms with Gasteiger partial charge in [0.05, 0.1) is 47.7 Å². The maximum atomic E-state index is 14.7. The highest BCUT2D eigenvalue weighted by Gasteiger charge is 2.57. The largest absolute Gasteiger partial charge is 0.491 e. The van der Waals surface area contributed by atoms with Crippen LogP contribution in [-0.4, -0.2) is 63.5 Å². The first-order chi connectivity index (χ1) is 20.4. The number of aliphatic hydroxyl groups is 1. The van der Waals surface area contributed by atoms with Gasteiger partial charge < -0.3 is 24.6 Å². The minimum Gasteiger partial charge on any atom is -0.491 e. The molecule has 10 nitrogen and oxygen atoms in total. The fourth-order valence-corrected chi connectivity index (χ4v) is 5.22. The molecule has 1 aliphatic heterocycles. The smallest absolute Gasteiger partial charge is 0.424 e. The molecule has 0 aliphatic carbocycles. The lowest BCUT2D eigenvalue weighted by atomic mass is 9.89. The molecule has 15 heteroatoms. The second-order valence-corrected chi connectivity index (χ2v) is 13.3. The van der Waals surface area contributed by atoms with Crippen LogP contribution in [0.5, 0.6) is 17.4 Å². The Bertz CT molecular complexity index is 1580. The molecule has 2 aromatic heterocycles. The molecule has 0 radical (unpaired) electrons. The highest BCUT2D eigenvalue weighted by molar-refractivity contribution is 7.84. The second kappa shape index (κ2) is 11.9. The van der Waals surface area contributed by atoms with Gasteiger partial charge in [-0.3, -0.25) is 4.79 Å². The van der Waals surface area contributed by atoms with Gasteiger partial charge >= 0.3 is 6.18 Å². The number of alkyl halides is 3. The van der Waals surface area contributed by atoms with Gasteiger partial charge in [0.1, 0.15) is 23.8 Å². The van der Waals surface area contributed by atoms with Gasteiger partial charge in [-0.15, -0.1) is 0 Å². The number of pyridine rings is 2. The standard InChI is InChI=1S/C29H32F4N4O6S/c1-26(2,3)44(40)37-27(4)15-43-23-18(27)13-21(36-22(23)16-7-9-17(30)10-8-16)28(39,29(31,32)33)14-34-24(38)19-11-12-20(41-5)25(35-19)42-6/h7-13,37,39H,14-15H2,1-6H3,(H,34,38). The van der Waals surface area contributed by atoms with Crippen LogP contribution in [0.2, 0.25) is 0 Å². The Balaban J connectivity index is 1.82. The second-order valence-electron chi connectivity index (χ2n) is 11.3. The van der Waals surface area contributed by atoms with Crippen LogP contribution in [0, 0.1) is 5.82 Å². The van der Waals surface area contributed by atoms with E-state index in [4.69, 9.17) is 14.2 Å². The van der Waals surface area contributed by atoms with Gasteiger partial charge in [-0.25, -0.2) is 23.3 Å². The van der Waals surface area contributed by atoms with Crippen molar-refractivity contribution < 1.29 is 45.9 Å². The normalized spacial score (nSPS) is 18.5. The minimum atomic E-state index is -5.34. The maximum Gasteiger partial charge on any atom is 0.424 e. The zero-order valence-corrected chi connectivity index (χ0v) is 25.6. The molecule has 0 bridgehead atoms. The molecular weight excluding hydrogens is 608 g/mol. The maximum absolute atomic E-state index is 14.7. The van der Waals surface area contributed by atoms with Crippen molar-refractivity contribution in [1.29, 1.82) is 0 Å². The van der Waals surface area contributed by atoms with Crippen LogP contribution in [0.1, 0.15) is 49.4 Å². The summed E-state index contributed by atoms with van der Waals surface area (Å²) in [5, 5.41) is 13.4. The van der Waals surface area contributed by atoms with Gasteiger partial charge in [-0.2, -0.15) is 13.2 Å². The monoisotopic (exact) mass is 640 g/mol. The fourth-order valence-electron chi connectivity index (χ4n) is 4.33. The molecule has 0 spiro atoms. The molecule has 3 N–H and O–H groups in total. The number of carbonyl (C=O) groups excluding carboxylic acids is 1. The first kappa shape index (κ1) is 33.1. The van der Waals surface area contributed by atoms with Crippen LogP contribution in [0.25, 0.3) is 11.3 Å². The van der Waals surface area contributed by atoms with Gasteiger partial charge in [0.25, 0.3) is 11.8 Å². The molecule has 1 amide bonds. The lowest BCUT2D eigenvalue weighted by molar-refractivity contribution is -0.265. The Morgan fingerprint density at radius 2 is 1.75 bits per heavy atom. The Hall–Kier alpha value is -3.82. The van der Waals surface area contributed by atoms with Crippen molar-refractivity contribution in [3.8, 4) is 28.6 Å². The summed E-state index contributed by atoms with van der Waals surface area (Å²) in [6.45, 7) is 5.27. The molecule has 0 saturated heterocycles. The number of rotatable bonds is 9. The summed E-state index contributed by atoms with van der Waals surface area (Å²) in [6.07, 6.45) is -5.34. The van der Waals surface area contributed by atoms with E-state index in [0.717, 1.165) is 18.2 Å². The molecule has 0 fully saturated rings. The lowest BCUT2D eigenvalue weighted by Gasteiger charge is -2.32. The summed E-state index contributed by atoms with van der Waals surface area (Å²) >= 11 is 0. The number of amides is 1. The van der Waals surface area contributed by atoms with Gasteiger partial charge in [-0.1, -0.05) is 0 Å². The third-order valence-corrected chi connectivity index (χ3v) is 8.68. The summed E-state index contributed by atoms with van der Waals surface area (Å²) in [5.41, 5.74) is -5.93. The molecule has 3 aromatic rings. The van der Waals surface area contributed by atoms with Crippen molar-refractivity contribution in [2.75, 3.05) is 27.4 Å². The Morgan fingerprint density at radius 3 is 2.32 bits per heavy atom. The van der Waals surface area contributed by atoms with Crippen LogP contribution in [0.4, 0.5) is 17.6 Å². The van der Waals surface area contributed by atoms with E-state index in [1.807, 2.05) is 0 Å². The van der Waals surface area contributed by atoms with Crippen molar-refractivity contribution in [2.45, 2.75) is 49.8 Å². The van der Waals surface area contributed by atoms with Crippen molar-refractivity contribution in [3.05, 3.63) is 65.2 Å². The Morgan fingerprint density at radius 1 is 1.09 bits per heavy atom. The molecule has 3 heterocycles. The summed E-state index contributed by atoms with van der Waals surface area (Å²) < 4.78 is 89.2. The van der Waals surface area contributed by atoms with Crippen LogP contribution < -0.4 is 24.2 Å². The van der Waals surface area contributed by atoms with E-state index in [2.05, 4.69) is 20.0 Å². The van der Waals surface area contributed by atoms with Crippen molar-refractivity contribution in [3.63, 3.8) is 0 Å². The minimum absolute atomic E-state index is 0.0735. The number of aromatic nitrogens is 2. The zero-order chi connectivity index (χ0) is 32.7. The van der Waals surface area contributed by atoms with Crippen molar-refractivity contribution in [1.82, 2.24) is 20.0 Å². The predicted octanol–water partition coefficient (Wildman–Crippen LogP) is 4.14. The molecule has 238 valence electrons. The van der Waals surface area contributed by atoms with Crippen LogP contribution in [0.3, 0.4) is 0 Å². The van der Waals surface area contributed by atoms with Crippen molar-refractivity contribution in [2.24, 2.45) is 0 Å². The van der Waals surface area contributed by atoms with Gasteiger partial charge in [-0.05, 0) is 70.2 Å². The summed E-state index contributed by atoms with van der Waals surface area (Å²) in [7, 11) is 0.944. The number of carbonyl (C=O) groups is 1. The SMILES string of the molecule is COc1ccc(C(=O)NCC(O)(c2cc3c(c(-c4ccc(F)cc4)n2)OCC3(C)NS(=O)C(C)(C)C)C(F)(F)F)nc1OC. The summed E-state index contributed by atoms with van der Waals surface area (Å²) in [4.78, 5) is 21.0.